The van der Waals surface area contributed by atoms with Crippen molar-refractivity contribution in [1.29, 1.82) is 0 Å². The van der Waals surface area contributed by atoms with E-state index in [4.69, 9.17) is 4.74 Å². The largest absolute Gasteiger partial charge is 0.445 e. The minimum Gasteiger partial charge on any atom is -0.445 e. The van der Waals surface area contributed by atoms with Crippen molar-refractivity contribution in [3.63, 3.8) is 0 Å². The maximum atomic E-state index is 11.8. The average molecular weight is 330 g/mol. The lowest BCUT2D eigenvalue weighted by Crippen LogP contribution is -2.52. The Hall–Kier alpha value is -1.55. The molecule has 1 amide bonds. The van der Waals surface area contributed by atoms with Crippen LogP contribution in [0, 0.1) is 5.92 Å². The first kappa shape index (κ1) is 17.3. The molecular weight excluding hydrogens is 300 g/mol. The average Bonchev–Trinajstić information content (AvgIpc) is 2.59. The Morgan fingerprint density at radius 2 is 1.79 bits per heavy atom. The molecule has 24 heavy (non-hydrogen) atoms. The van der Waals surface area contributed by atoms with Crippen molar-refractivity contribution in [2.24, 2.45) is 5.92 Å². The fourth-order valence-electron chi connectivity index (χ4n) is 3.80. The predicted octanol–water partition coefficient (Wildman–Crippen LogP) is 4.00. The van der Waals surface area contributed by atoms with E-state index in [0.29, 0.717) is 12.6 Å². The van der Waals surface area contributed by atoms with Crippen molar-refractivity contribution in [2.45, 2.75) is 70.1 Å². The van der Waals surface area contributed by atoms with Gasteiger partial charge in [0, 0.05) is 12.1 Å². The van der Waals surface area contributed by atoms with Gasteiger partial charge in [-0.1, -0.05) is 62.4 Å². The summed E-state index contributed by atoms with van der Waals surface area (Å²) in [6.07, 6.45) is 10.2. The van der Waals surface area contributed by atoms with E-state index in [1.165, 1.54) is 38.5 Å². The first-order valence-electron chi connectivity index (χ1n) is 9.50. The van der Waals surface area contributed by atoms with Gasteiger partial charge in [-0.15, -0.1) is 0 Å². The van der Waals surface area contributed by atoms with Crippen LogP contribution in [-0.2, 0) is 11.3 Å². The number of rotatable bonds is 7. The number of carbonyl (C=O) groups excluding carboxylic acids is 1. The first-order valence-corrected chi connectivity index (χ1v) is 9.50. The molecule has 2 N–H and O–H groups in total. The monoisotopic (exact) mass is 330 g/mol. The minimum absolute atomic E-state index is 0.264. The number of nitrogens with one attached hydrogen (secondary N) is 2. The van der Waals surface area contributed by atoms with Gasteiger partial charge in [-0.25, -0.2) is 4.79 Å². The lowest BCUT2D eigenvalue weighted by atomic mass is 9.85. The van der Waals surface area contributed by atoms with E-state index in [0.717, 1.165) is 30.9 Å². The van der Waals surface area contributed by atoms with Crippen LogP contribution in [0.5, 0.6) is 0 Å². The van der Waals surface area contributed by atoms with Gasteiger partial charge >= 0.3 is 6.09 Å². The number of amides is 1. The molecule has 0 aliphatic heterocycles. The van der Waals surface area contributed by atoms with E-state index in [1.807, 2.05) is 30.3 Å². The van der Waals surface area contributed by atoms with Crippen LogP contribution in [0.2, 0.25) is 0 Å². The van der Waals surface area contributed by atoms with Gasteiger partial charge < -0.3 is 15.4 Å². The summed E-state index contributed by atoms with van der Waals surface area (Å²) in [7, 11) is 0. The summed E-state index contributed by atoms with van der Waals surface area (Å²) >= 11 is 0. The van der Waals surface area contributed by atoms with Crippen LogP contribution >= 0.6 is 0 Å². The summed E-state index contributed by atoms with van der Waals surface area (Å²) in [4.78, 5) is 11.8. The molecule has 0 heterocycles. The molecule has 1 aromatic rings. The number of hydrogen-bond donors (Lipinski definition) is 2. The van der Waals surface area contributed by atoms with E-state index in [2.05, 4.69) is 10.6 Å². The summed E-state index contributed by atoms with van der Waals surface area (Å²) in [5, 5.41) is 6.59. The van der Waals surface area contributed by atoms with Crippen molar-refractivity contribution in [3.05, 3.63) is 35.9 Å². The van der Waals surface area contributed by atoms with Crippen molar-refractivity contribution < 1.29 is 9.53 Å². The van der Waals surface area contributed by atoms with E-state index in [9.17, 15) is 4.79 Å². The van der Waals surface area contributed by atoms with Gasteiger partial charge in [0.05, 0.1) is 0 Å². The molecule has 2 saturated carbocycles. The Balaban J connectivity index is 1.22. The molecule has 0 unspecified atom stereocenters. The quantitative estimate of drug-likeness (QED) is 0.794. The predicted molar refractivity (Wildman–Crippen MR) is 95.8 cm³/mol. The highest BCUT2D eigenvalue weighted by atomic mass is 16.5. The van der Waals surface area contributed by atoms with Crippen LogP contribution in [0.15, 0.2) is 30.3 Å². The van der Waals surface area contributed by atoms with Crippen LogP contribution < -0.4 is 10.6 Å². The molecule has 4 nitrogen and oxygen atoms in total. The van der Waals surface area contributed by atoms with Gasteiger partial charge in [0.25, 0.3) is 0 Å². The molecular formula is C20H30N2O2. The van der Waals surface area contributed by atoms with E-state index in [1.54, 1.807) is 0 Å². The summed E-state index contributed by atoms with van der Waals surface area (Å²) < 4.78 is 5.26. The number of hydrogen-bond acceptors (Lipinski definition) is 3. The number of carbonyl (C=O) groups is 1. The summed E-state index contributed by atoms with van der Waals surface area (Å²) in [6, 6.07) is 10.6. The van der Waals surface area contributed by atoms with Gasteiger partial charge in [0.15, 0.2) is 0 Å². The molecule has 2 aliphatic rings. The van der Waals surface area contributed by atoms with Gasteiger partial charge in [0.2, 0.25) is 0 Å². The zero-order valence-electron chi connectivity index (χ0n) is 14.5. The number of alkyl carbamates (subject to hydrolysis) is 1. The Morgan fingerprint density at radius 3 is 2.54 bits per heavy atom. The molecule has 0 atom stereocenters. The van der Waals surface area contributed by atoms with Crippen LogP contribution in [0.4, 0.5) is 4.79 Å². The third-order valence-electron chi connectivity index (χ3n) is 5.38. The summed E-state index contributed by atoms with van der Waals surface area (Å²) in [5.74, 6) is 0.938. The highest BCUT2D eigenvalue weighted by molar-refractivity contribution is 5.67. The van der Waals surface area contributed by atoms with Gasteiger partial charge in [-0.3, -0.25) is 0 Å². The van der Waals surface area contributed by atoms with E-state index >= 15 is 0 Å². The molecule has 4 heteroatoms. The van der Waals surface area contributed by atoms with Crippen LogP contribution in [0.25, 0.3) is 0 Å². The Morgan fingerprint density at radius 1 is 1.04 bits per heavy atom. The zero-order chi connectivity index (χ0) is 16.6. The maximum absolute atomic E-state index is 11.8. The van der Waals surface area contributed by atoms with E-state index < -0.39 is 0 Å². The lowest BCUT2D eigenvalue weighted by Gasteiger charge is -2.36. The third kappa shape index (κ3) is 5.52. The normalized spacial score (nSPS) is 24.2. The first-order chi connectivity index (χ1) is 11.8. The van der Waals surface area contributed by atoms with Crippen molar-refractivity contribution in [3.8, 4) is 0 Å². The molecule has 0 radical (unpaired) electrons. The van der Waals surface area contributed by atoms with Gasteiger partial charge in [-0.05, 0) is 37.3 Å². The Labute approximate surface area is 145 Å². The molecule has 1 aromatic carbocycles. The summed E-state index contributed by atoms with van der Waals surface area (Å²) in [5.41, 5.74) is 1.02. The fraction of sp³-hybridized carbons (Fsp3) is 0.650. The van der Waals surface area contributed by atoms with Gasteiger partial charge in [-0.2, -0.15) is 0 Å². The lowest BCUT2D eigenvalue weighted by molar-refractivity contribution is 0.125. The second-order valence-corrected chi connectivity index (χ2v) is 7.32. The minimum atomic E-state index is -0.301. The summed E-state index contributed by atoms with van der Waals surface area (Å²) in [6.45, 7) is 1.46. The van der Waals surface area contributed by atoms with Crippen molar-refractivity contribution in [1.82, 2.24) is 10.6 Å². The number of ether oxygens (including phenoxy) is 1. The second kappa shape index (κ2) is 9.07. The third-order valence-corrected chi connectivity index (χ3v) is 5.38. The smallest absolute Gasteiger partial charge is 0.407 e. The number of benzene rings is 1. The molecule has 0 saturated heterocycles. The van der Waals surface area contributed by atoms with Crippen molar-refractivity contribution >= 4 is 6.09 Å². The molecule has 132 valence electrons. The van der Waals surface area contributed by atoms with Crippen LogP contribution in [0.3, 0.4) is 0 Å². The molecule has 2 aliphatic carbocycles. The Kier molecular flexibility index (Phi) is 6.53. The zero-order valence-corrected chi connectivity index (χ0v) is 14.5. The Bertz CT molecular complexity index is 494. The van der Waals surface area contributed by atoms with Crippen molar-refractivity contribution in [2.75, 3.05) is 6.54 Å². The van der Waals surface area contributed by atoms with E-state index in [-0.39, 0.29) is 12.1 Å². The van der Waals surface area contributed by atoms with Gasteiger partial charge in [0.1, 0.15) is 6.61 Å². The molecule has 0 bridgehead atoms. The highest BCUT2D eigenvalue weighted by Crippen LogP contribution is 2.26. The topological polar surface area (TPSA) is 50.4 Å². The van der Waals surface area contributed by atoms with Crippen LogP contribution in [-0.4, -0.2) is 24.7 Å². The standard InChI is InChI=1S/C20H30N2O2/c23-20(24-15-17-9-5-2-6-10-17)22-19-13-18(14-19)21-12-11-16-7-3-1-4-8-16/h2,5-6,9-10,16,18-19,21H,1,3-4,7-8,11-15H2,(H,22,23). The molecule has 0 aromatic heterocycles. The molecule has 2 fully saturated rings. The second-order valence-electron chi connectivity index (χ2n) is 7.32. The highest BCUT2D eigenvalue weighted by Gasteiger charge is 2.30. The molecule has 3 rings (SSSR count). The maximum Gasteiger partial charge on any atom is 0.407 e. The SMILES string of the molecule is O=C(NC1CC(NCCC2CCCCC2)C1)OCc1ccccc1. The molecule has 0 spiro atoms. The fourth-order valence-corrected chi connectivity index (χ4v) is 3.80. The van der Waals surface area contributed by atoms with Crippen LogP contribution in [0.1, 0.15) is 56.9 Å².